The topological polar surface area (TPSA) is 36.8 Å². The molecule has 0 aliphatic carbocycles. The Morgan fingerprint density at radius 3 is 2.43 bits per heavy atom. The maximum absolute atomic E-state index is 12.2. The number of amides is 1. The third-order valence-corrected chi connectivity index (χ3v) is 5.26. The summed E-state index contributed by atoms with van der Waals surface area (Å²) in [5.41, 5.74) is 2.19. The predicted molar refractivity (Wildman–Crippen MR) is 95.1 cm³/mol. The van der Waals surface area contributed by atoms with Crippen LogP contribution in [0, 0.1) is 5.92 Å². The minimum Gasteiger partial charge on any atom is -0.372 e. The number of hydrogen-bond acceptors (Lipinski definition) is 2. The molecule has 2 aliphatic heterocycles. The summed E-state index contributed by atoms with van der Waals surface area (Å²) in [6.07, 6.45) is 6.41. The lowest BCUT2D eigenvalue weighted by atomic mass is 9.99. The van der Waals surface area contributed by atoms with E-state index in [1.807, 2.05) is 12.1 Å². The van der Waals surface area contributed by atoms with Gasteiger partial charge in [0, 0.05) is 24.5 Å². The highest BCUT2D eigenvalue weighted by Crippen LogP contribution is 2.21. The average molecular weight is 316 g/mol. The lowest BCUT2D eigenvalue weighted by molar-refractivity contribution is -0.897. The van der Waals surface area contributed by atoms with Gasteiger partial charge in [-0.15, -0.1) is 0 Å². The Kier molecular flexibility index (Phi) is 5.55. The number of carbonyl (C=O) groups is 1. The maximum atomic E-state index is 12.2. The van der Waals surface area contributed by atoms with Gasteiger partial charge >= 0.3 is 0 Å². The molecule has 4 heteroatoms. The lowest BCUT2D eigenvalue weighted by Crippen LogP contribution is -3.14. The van der Waals surface area contributed by atoms with Crippen molar-refractivity contribution in [2.75, 3.05) is 42.9 Å². The normalized spacial score (nSPS) is 25.2. The summed E-state index contributed by atoms with van der Waals surface area (Å²) in [5.74, 6) is 0.962. The Morgan fingerprint density at radius 1 is 1.13 bits per heavy atom. The molecule has 0 saturated carbocycles. The monoisotopic (exact) mass is 316 g/mol. The summed E-state index contributed by atoms with van der Waals surface area (Å²) in [5, 5.41) is 3.05. The van der Waals surface area contributed by atoms with Crippen molar-refractivity contribution in [3.63, 3.8) is 0 Å². The molecule has 23 heavy (non-hydrogen) atoms. The summed E-state index contributed by atoms with van der Waals surface area (Å²) in [6, 6.07) is 8.34. The van der Waals surface area contributed by atoms with Crippen LogP contribution in [0.5, 0.6) is 0 Å². The summed E-state index contributed by atoms with van der Waals surface area (Å²) < 4.78 is 0. The number of rotatable bonds is 4. The van der Waals surface area contributed by atoms with Gasteiger partial charge in [-0.25, -0.2) is 0 Å². The van der Waals surface area contributed by atoms with Gasteiger partial charge < -0.3 is 15.1 Å². The molecule has 0 spiro atoms. The fraction of sp³-hybridized carbons (Fsp3) is 0.632. The van der Waals surface area contributed by atoms with Crippen LogP contribution in [0.25, 0.3) is 0 Å². The molecule has 0 aromatic heterocycles. The van der Waals surface area contributed by atoms with Gasteiger partial charge in [-0.2, -0.15) is 0 Å². The number of anilines is 2. The molecule has 126 valence electrons. The van der Waals surface area contributed by atoms with Crippen molar-refractivity contribution in [3.8, 4) is 0 Å². The Bertz CT molecular complexity index is 500. The first kappa shape index (κ1) is 16.3. The molecule has 0 bridgehead atoms. The number of nitrogens with one attached hydrogen (secondary N) is 2. The molecule has 2 N–H and O–H groups in total. The Morgan fingerprint density at radius 2 is 1.78 bits per heavy atom. The zero-order valence-corrected chi connectivity index (χ0v) is 14.3. The SMILES string of the molecule is CC1CC[NH+](CC(=O)Nc2ccc(N3CCCCC3)cc2)CC1. The third kappa shape index (κ3) is 4.71. The first-order valence-corrected chi connectivity index (χ1v) is 9.19. The van der Waals surface area contributed by atoms with Gasteiger partial charge in [0.2, 0.25) is 0 Å². The lowest BCUT2D eigenvalue weighted by Gasteiger charge is -2.29. The molecule has 2 fully saturated rings. The van der Waals surface area contributed by atoms with Crippen LogP contribution in [0.4, 0.5) is 11.4 Å². The summed E-state index contributed by atoms with van der Waals surface area (Å²) in [7, 11) is 0. The fourth-order valence-electron chi connectivity index (χ4n) is 3.69. The Labute approximate surface area is 139 Å². The first-order valence-electron chi connectivity index (χ1n) is 9.19. The van der Waals surface area contributed by atoms with Crippen LogP contribution in [0.15, 0.2) is 24.3 Å². The van der Waals surface area contributed by atoms with Gasteiger partial charge in [0.1, 0.15) is 0 Å². The van der Waals surface area contributed by atoms with Crippen LogP contribution in [-0.4, -0.2) is 38.6 Å². The number of likely N-dealkylation sites (tertiary alicyclic amines) is 1. The van der Waals surface area contributed by atoms with Crippen LogP contribution in [0.1, 0.15) is 39.0 Å². The van der Waals surface area contributed by atoms with E-state index in [0.717, 1.165) is 37.8 Å². The number of quaternary nitrogens is 1. The zero-order valence-electron chi connectivity index (χ0n) is 14.3. The van der Waals surface area contributed by atoms with Gasteiger partial charge in [-0.1, -0.05) is 6.92 Å². The first-order chi connectivity index (χ1) is 11.2. The number of piperidine rings is 2. The quantitative estimate of drug-likeness (QED) is 0.890. The second-order valence-corrected chi connectivity index (χ2v) is 7.25. The minimum absolute atomic E-state index is 0.139. The van der Waals surface area contributed by atoms with Gasteiger partial charge in [0.05, 0.1) is 13.1 Å². The molecule has 0 radical (unpaired) electrons. The van der Waals surface area contributed by atoms with Gasteiger partial charge in [-0.3, -0.25) is 4.79 Å². The molecular formula is C19H30N3O+. The van der Waals surface area contributed by atoms with Crippen molar-refractivity contribution in [1.29, 1.82) is 0 Å². The van der Waals surface area contributed by atoms with Gasteiger partial charge in [0.15, 0.2) is 6.54 Å². The second kappa shape index (κ2) is 7.82. The molecule has 2 saturated heterocycles. The van der Waals surface area contributed by atoms with Crippen molar-refractivity contribution in [2.24, 2.45) is 5.92 Å². The standard InChI is InChI=1S/C19H29N3O/c1-16-9-13-21(14-10-16)15-19(23)20-17-5-7-18(8-6-17)22-11-3-2-4-12-22/h5-8,16H,2-4,9-15H2,1H3,(H,20,23)/p+1. The van der Waals surface area contributed by atoms with E-state index in [9.17, 15) is 4.79 Å². The van der Waals surface area contributed by atoms with E-state index in [-0.39, 0.29) is 5.91 Å². The van der Waals surface area contributed by atoms with E-state index in [0.29, 0.717) is 6.54 Å². The Balaban J connectivity index is 1.48. The molecule has 4 nitrogen and oxygen atoms in total. The van der Waals surface area contributed by atoms with E-state index in [1.165, 1.54) is 42.7 Å². The van der Waals surface area contributed by atoms with Crippen molar-refractivity contribution < 1.29 is 9.69 Å². The molecular weight excluding hydrogens is 286 g/mol. The molecule has 1 amide bonds. The van der Waals surface area contributed by atoms with Crippen LogP contribution < -0.4 is 15.1 Å². The second-order valence-electron chi connectivity index (χ2n) is 7.25. The number of hydrogen-bond donors (Lipinski definition) is 2. The van der Waals surface area contributed by atoms with E-state index < -0.39 is 0 Å². The predicted octanol–water partition coefficient (Wildman–Crippen LogP) is 1.93. The van der Waals surface area contributed by atoms with Crippen molar-refractivity contribution in [1.82, 2.24) is 0 Å². The molecule has 0 unspecified atom stereocenters. The van der Waals surface area contributed by atoms with E-state index in [4.69, 9.17) is 0 Å². The summed E-state index contributed by atoms with van der Waals surface area (Å²) in [4.78, 5) is 16.1. The highest BCUT2D eigenvalue weighted by Gasteiger charge is 2.21. The van der Waals surface area contributed by atoms with E-state index in [1.54, 1.807) is 0 Å². The average Bonchev–Trinajstić information content (AvgIpc) is 2.58. The molecule has 1 aromatic carbocycles. The molecule has 0 atom stereocenters. The Hall–Kier alpha value is -1.55. The van der Waals surface area contributed by atoms with Crippen LogP contribution >= 0.6 is 0 Å². The van der Waals surface area contributed by atoms with Gasteiger partial charge in [0.25, 0.3) is 5.91 Å². The molecule has 3 rings (SSSR count). The van der Waals surface area contributed by atoms with Crippen LogP contribution in [0.2, 0.25) is 0 Å². The minimum atomic E-state index is 0.139. The highest BCUT2D eigenvalue weighted by molar-refractivity contribution is 5.91. The van der Waals surface area contributed by atoms with Gasteiger partial charge in [-0.05, 0) is 62.3 Å². The maximum Gasteiger partial charge on any atom is 0.279 e. The van der Waals surface area contributed by atoms with Crippen molar-refractivity contribution >= 4 is 17.3 Å². The van der Waals surface area contributed by atoms with E-state index >= 15 is 0 Å². The molecule has 1 aromatic rings. The summed E-state index contributed by atoms with van der Waals surface area (Å²) in [6.45, 7) is 7.47. The summed E-state index contributed by atoms with van der Waals surface area (Å²) >= 11 is 0. The van der Waals surface area contributed by atoms with Crippen LogP contribution in [0.3, 0.4) is 0 Å². The molecule has 2 heterocycles. The zero-order chi connectivity index (χ0) is 16.1. The van der Waals surface area contributed by atoms with Crippen molar-refractivity contribution in [3.05, 3.63) is 24.3 Å². The fourth-order valence-corrected chi connectivity index (χ4v) is 3.69. The van der Waals surface area contributed by atoms with Crippen molar-refractivity contribution in [2.45, 2.75) is 39.0 Å². The van der Waals surface area contributed by atoms with E-state index in [2.05, 4.69) is 29.3 Å². The van der Waals surface area contributed by atoms with Crippen LogP contribution in [-0.2, 0) is 4.79 Å². The number of nitrogens with zero attached hydrogens (tertiary/aromatic N) is 1. The molecule has 2 aliphatic rings. The third-order valence-electron chi connectivity index (χ3n) is 5.26. The number of benzene rings is 1. The largest absolute Gasteiger partial charge is 0.372 e. The smallest absolute Gasteiger partial charge is 0.279 e. The number of carbonyl (C=O) groups excluding carboxylic acids is 1. The highest BCUT2D eigenvalue weighted by atomic mass is 16.2.